The third-order valence-electron chi connectivity index (χ3n) is 3.13. The normalized spacial score (nSPS) is 10.6. The average Bonchev–Trinajstić information content (AvgIpc) is 3.02. The molecule has 1 N–H and O–H groups in total. The van der Waals surface area contributed by atoms with E-state index in [-0.39, 0.29) is 6.03 Å². The maximum atomic E-state index is 11.8. The maximum Gasteiger partial charge on any atom is 0.326 e. The molecule has 2 heterocycles. The van der Waals surface area contributed by atoms with Crippen LogP contribution in [0.5, 0.6) is 0 Å². The third kappa shape index (κ3) is 2.51. The molecule has 0 radical (unpaired) electrons. The molecule has 5 heteroatoms. The molecule has 0 saturated carbocycles. The van der Waals surface area contributed by atoms with Crippen molar-refractivity contribution in [1.82, 2.24) is 19.9 Å². The van der Waals surface area contributed by atoms with E-state index in [2.05, 4.69) is 15.3 Å². The van der Waals surface area contributed by atoms with Gasteiger partial charge < -0.3 is 5.32 Å². The molecular formula is C15H14N4O. The van der Waals surface area contributed by atoms with Crippen LogP contribution in [0.4, 0.5) is 4.79 Å². The number of pyridine rings is 1. The van der Waals surface area contributed by atoms with Gasteiger partial charge in [0, 0.05) is 30.5 Å². The Morgan fingerprint density at radius 3 is 2.95 bits per heavy atom. The first-order valence-corrected chi connectivity index (χ1v) is 6.43. The van der Waals surface area contributed by atoms with Crippen molar-refractivity contribution >= 4 is 16.9 Å². The van der Waals surface area contributed by atoms with Gasteiger partial charge in [-0.25, -0.2) is 9.78 Å². The Kier molecular flexibility index (Phi) is 3.41. The third-order valence-corrected chi connectivity index (χ3v) is 3.13. The summed E-state index contributed by atoms with van der Waals surface area (Å²) in [6.45, 7) is 0.562. The van der Waals surface area contributed by atoms with Gasteiger partial charge >= 0.3 is 6.03 Å². The number of nitrogens with zero attached hydrogens (tertiary/aromatic N) is 3. The number of imidazole rings is 1. The SMILES string of the molecule is O=C(NCCc1cccc2cccnc12)n1ccnc1. The van der Waals surface area contributed by atoms with Gasteiger partial charge in [-0.1, -0.05) is 24.3 Å². The molecule has 20 heavy (non-hydrogen) atoms. The molecule has 0 spiro atoms. The molecule has 0 unspecified atom stereocenters. The highest BCUT2D eigenvalue weighted by atomic mass is 16.2. The first-order valence-electron chi connectivity index (χ1n) is 6.43. The number of nitrogens with one attached hydrogen (secondary N) is 1. The minimum atomic E-state index is -0.171. The van der Waals surface area contributed by atoms with Gasteiger partial charge in [0.25, 0.3) is 0 Å². The number of aromatic nitrogens is 3. The highest BCUT2D eigenvalue weighted by molar-refractivity contribution is 5.81. The van der Waals surface area contributed by atoms with E-state index in [1.165, 1.54) is 10.9 Å². The zero-order valence-electron chi connectivity index (χ0n) is 10.9. The summed E-state index contributed by atoms with van der Waals surface area (Å²) in [5.74, 6) is 0. The summed E-state index contributed by atoms with van der Waals surface area (Å²) in [4.78, 5) is 20.0. The summed E-state index contributed by atoms with van der Waals surface area (Å²) in [6.07, 6.45) is 7.21. The number of benzene rings is 1. The van der Waals surface area contributed by atoms with Crippen LogP contribution in [-0.4, -0.2) is 27.1 Å². The zero-order chi connectivity index (χ0) is 13.8. The predicted molar refractivity (Wildman–Crippen MR) is 76.5 cm³/mol. The first kappa shape index (κ1) is 12.3. The fourth-order valence-corrected chi connectivity index (χ4v) is 2.14. The van der Waals surface area contributed by atoms with Crippen LogP contribution in [0, 0.1) is 0 Å². The van der Waals surface area contributed by atoms with E-state index in [1.54, 1.807) is 18.6 Å². The van der Waals surface area contributed by atoms with Crippen LogP contribution in [0.2, 0.25) is 0 Å². The fraction of sp³-hybridized carbons (Fsp3) is 0.133. The quantitative estimate of drug-likeness (QED) is 0.790. The largest absolute Gasteiger partial charge is 0.337 e. The summed E-state index contributed by atoms with van der Waals surface area (Å²) in [5, 5.41) is 3.97. The van der Waals surface area contributed by atoms with Crippen molar-refractivity contribution in [2.75, 3.05) is 6.54 Å². The molecule has 0 atom stereocenters. The Morgan fingerprint density at radius 1 is 1.20 bits per heavy atom. The number of carbonyl (C=O) groups is 1. The van der Waals surface area contributed by atoms with Crippen LogP contribution >= 0.6 is 0 Å². The number of amides is 1. The summed E-state index contributed by atoms with van der Waals surface area (Å²) >= 11 is 0. The summed E-state index contributed by atoms with van der Waals surface area (Å²) in [6, 6.07) is 9.88. The Bertz CT molecular complexity index is 716. The fourth-order valence-electron chi connectivity index (χ4n) is 2.14. The number of rotatable bonds is 3. The molecule has 0 fully saturated rings. The Balaban J connectivity index is 1.67. The van der Waals surface area contributed by atoms with Crippen LogP contribution in [-0.2, 0) is 6.42 Å². The second-order valence-corrected chi connectivity index (χ2v) is 4.44. The molecule has 3 aromatic rings. The minimum absolute atomic E-state index is 0.171. The van der Waals surface area contributed by atoms with Crippen LogP contribution in [0.25, 0.3) is 10.9 Å². The summed E-state index contributed by atoms with van der Waals surface area (Å²) in [7, 11) is 0. The second kappa shape index (κ2) is 5.52. The van der Waals surface area contributed by atoms with Crippen LogP contribution in [0.3, 0.4) is 0 Å². The van der Waals surface area contributed by atoms with Crippen molar-refractivity contribution in [3.05, 3.63) is 60.8 Å². The van der Waals surface area contributed by atoms with Crippen molar-refractivity contribution in [3.8, 4) is 0 Å². The van der Waals surface area contributed by atoms with Crippen molar-refractivity contribution in [2.24, 2.45) is 0 Å². The maximum absolute atomic E-state index is 11.8. The van der Waals surface area contributed by atoms with E-state index in [0.29, 0.717) is 6.54 Å². The van der Waals surface area contributed by atoms with Gasteiger partial charge in [0.2, 0.25) is 0 Å². The molecule has 0 aliphatic heterocycles. The van der Waals surface area contributed by atoms with Crippen LogP contribution in [0.1, 0.15) is 5.56 Å². The van der Waals surface area contributed by atoms with Gasteiger partial charge in [-0.15, -0.1) is 0 Å². The molecule has 0 bridgehead atoms. The monoisotopic (exact) mass is 266 g/mol. The predicted octanol–water partition coefficient (Wildman–Crippen LogP) is 2.23. The molecule has 5 nitrogen and oxygen atoms in total. The highest BCUT2D eigenvalue weighted by Crippen LogP contribution is 2.15. The Labute approximate surface area is 116 Å². The van der Waals surface area contributed by atoms with Crippen molar-refractivity contribution in [1.29, 1.82) is 0 Å². The van der Waals surface area contributed by atoms with Crippen LogP contribution in [0.15, 0.2) is 55.2 Å². The molecule has 0 aliphatic rings. The lowest BCUT2D eigenvalue weighted by molar-refractivity contribution is 0.242. The lowest BCUT2D eigenvalue weighted by Crippen LogP contribution is -2.29. The van der Waals surface area contributed by atoms with Gasteiger partial charge in [-0.05, 0) is 18.1 Å². The molecule has 2 aromatic heterocycles. The van der Waals surface area contributed by atoms with Gasteiger partial charge in [0.15, 0.2) is 0 Å². The average molecular weight is 266 g/mol. The zero-order valence-corrected chi connectivity index (χ0v) is 10.9. The summed E-state index contributed by atoms with van der Waals surface area (Å²) < 4.78 is 1.42. The minimum Gasteiger partial charge on any atom is -0.337 e. The van der Waals surface area contributed by atoms with E-state index >= 15 is 0 Å². The number of hydrogen-bond acceptors (Lipinski definition) is 3. The lowest BCUT2D eigenvalue weighted by atomic mass is 10.1. The second-order valence-electron chi connectivity index (χ2n) is 4.44. The van der Waals surface area contributed by atoms with E-state index < -0.39 is 0 Å². The molecule has 0 aliphatic carbocycles. The van der Waals surface area contributed by atoms with Crippen molar-refractivity contribution < 1.29 is 4.79 Å². The number of carbonyl (C=O) groups excluding carboxylic acids is 1. The molecule has 3 rings (SSSR count). The van der Waals surface area contributed by atoms with E-state index in [0.717, 1.165) is 22.9 Å². The smallest absolute Gasteiger partial charge is 0.326 e. The Hall–Kier alpha value is -2.69. The lowest BCUT2D eigenvalue weighted by Gasteiger charge is -2.07. The highest BCUT2D eigenvalue weighted by Gasteiger charge is 2.04. The van der Waals surface area contributed by atoms with Gasteiger partial charge in [-0.3, -0.25) is 9.55 Å². The molecule has 1 aromatic carbocycles. The van der Waals surface area contributed by atoms with Gasteiger partial charge in [0.05, 0.1) is 5.52 Å². The van der Waals surface area contributed by atoms with E-state index in [4.69, 9.17) is 0 Å². The van der Waals surface area contributed by atoms with E-state index in [9.17, 15) is 4.79 Å². The topological polar surface area (TPSA) is 59.8 Å². The van der Waals surface area contributed by atoms with Gasteiger partial charge in [0.1, 0.15) is 6.33 Å². The molecule has 100 valence electrons. The Morgan fingerprint density at radius 2 is 2.10 bits per heavy atom. The van der Waals surface area contributed by atoms with Gasteiger partial charge in [-0.2, -0.15) is 0 Å². The number of para-hydroxylation sites is 1. The number of fused-ring (bicyclic) bond motifs is 1. The van der Waals surface area contributed by atoms with E-state index in [1.807, 2.05) is 30.3 Å². The number of hydrogen-bond donors (Lipinski definition) is 1. The molecule has 1 amide bonds. The van der Waals surface area contributed by atoms with Crippen LogP contribution < -0.4 is 5.32 Å². The first-order chi connectivity index (χ1) is 9.84. The standard InChI is InChI=1S/C15H14N4O/c20-15(19-10-9-16-11-19)18-8-6-13-4-1-3-12-5-2-7-17-14(12)13/h1-5,7,9-11H,6,8H2,(H,18,20). The summed E-state index contributed by atoms with van der Waals surface area (Å²) in [5.41, 5.74) is 2.13. The molecular weight excluding hydrogens is 252 g/mol. The van der Waals surface area contributed by atoms with Crippen molar-refractivity contribution in [3.63, 3.8) is 0 Å². The molecule has 0 saturated heterocycles. The van der Waals surface area contributed by atoms with Crippen molar-refractivity contribution in [2.45, 2.75) is 6.42 Å².